The molecule has 0 aliphatic carbocycles. The summed E-state index contributed by atoms with van der Waals surface area (Å²) in [7, 11) is 0. The van der Waals surface area contributed by atoms with E-state index in [2.05, 4.69) is 40.0 Å². The van der Waals surface area contributed by atoms with Crippen molar-refractivity contribution in [1.29, 1.82) is 0 Å². The van der Waals surface area contributed by atoms with Crippen molar-refractivity contribution in [2.45, 2.75) is 20.1 Å². The van der Waals surface area contributed by atoms with Crippen LogP contribution in [0.3, 0.4) is 0 Å². The molecule has 0 atom stereocenters. The van der Waals surface area contributed by atoms with Crippen molar-refractivity contribution in [2.75, 3.05) is 25.1 Å². The minimum atomic E-state index is -0.175. The fourth-order valence-corrected chi connectivity index (χ4v) is 1.91. The first-order valence-corrected chi connectivity index (χ1v) is 6.57. The van der Waals surface area contributed by atoms with Gasteiger partial charge in [0.25, 0.3) is 0 Å². The number of nitrogens with one attached hydrogen (secondary N) is 1. The first-order chi connectivity index (χ1) is 7.77. The highest BCUT2D eigenvalue weighted by Crippen LogP contribution is 2.16. The van der Waals surface area contributed by atoms with Crippen LogP contribution >= 0.6 is 22.6 Å². The highest BCUT2D eigenvalue weighted by molar-refractivity contribution is 14.1. The summed E-state index contributed by atoms with van der Waals surface area (Å²) in [5.74, 6) is 0. The molecule has 16 heavy (non-hydrogen) atoms. The molecule has 0 bridgehead atoms. The Morgan fingerprint density at radius 2 is 1.81 bits per heavy atom. The monoisotopic (exact) mass is 335 g/mol. The van der Waals surface area contributed by atoms with Crippen LogP contribution < -0.4 is 5.32 Å². The van der Waals surface area contributed by atoms with Crippen LogP contribution in [0.15, 0.2) is 24.3 Å². The smallest absolute Gasteiger partial charge is 0.174 e. The number of halogens is 1. The molecule has 0 radical (unpaired) electrons. The lowest BCUT2D eigenvalue weighted by Crippen LogP contribution is -2.26. The molecule has 1 aromatic carbocycles. The van der Waals surface area contributed by atoms with E-state index in [0.717, 1.165) is 5.69 Å². The van der Waals surface area contributed by atoms with Gasteiger partial charge in [-0.3, -0.25) is 0 Å². The van der Waals surface area contributed by atoms with E-state index in [1.807, 2.05) is 26.0 Å². The first kappa shape index (κ1) is 13.7. The fourth-order valence-electron chi connectivity index (χ4n) is 1.34. The van der Waals surface area contributed by atoms with Crippen molar-refractivity contribution >= 4 is 28.3 Å². The molecule has 3 nitrogen and oxygen atoms in total. The normalized spacial score (nSPS) is 10.8. The maximum Gasteiger partial charge on any atom is 0.174 e. The van der Waals surface area contributed by atoms with E-state index in [-0.39, 0.29) is 6.29 Å². The predicted molar refractivity (Wildman–Crippen MR) is 74.7 cm³/mol. The molecule has 90 valence electrons. The van der Waals surface area contributed by atoms with E-state index in [0.29, 0.717) is 19.8 Å². The topological polar surface area (TPSA) is 30.5 Å². The van der Waals surface area contributed by atoms with E-state index in [9.17, 15) is 0 Å². The minimum Gasteiger partial charge on any atom is -0.379 e. The second-order valence-electron chi connectivity index (χ2n) is 3.20. The second kappa shape index (κ2) is 7.86. The van der Waals surface area contributed by atoms with Crippen LogP contribution in [0.25, 0.3) is 0 Å². The van der Waals surface area contributed by atoms with Gasteiger partial charge in [-0.1, -0.05) is 12.1 Å². The number of para-hydroxylation sites is 1. The first-order valence-electron chi connectivity index (χ1n) is 5.49. The number of anilines is 1. The van der Waals surface area contributed by atoms with Crippen molar-refractivity contribution in [1.82, 2.24) is 0 Å². The molecular formula is C12H18INO2. The minimum absolute atomic E-state index is 0.175. The van der Waals surface area contributed by atoms with Crippen LogP contribution in [0, 0.1) is 3.57 Å². The number of hydrogen-bond acceptors (Lipinski definition) is 3. The van der Waals surface area contributed by atoms with Crippen molar-refractivity contribution in [2.24, 2.45) is 0 Å². The summed E-state index contributed by atoms with van der Waals surface area (Å²) in [5.41, 5.74) is 1.12. The zero-order valence-electron chi connectivity index (χ0n) is 9.70. The average Bonchev–Trinajstić information content (AvgIpc) is 2.28. The van der Waals surface area contributed by atoms with Gasteiger partial charge in [0.2, 0.25) is 0 Å². The third-order valence-corrected chi connectivity index (χ3v) is 2.98. The molecule has 0 spiro atoms. The van der Waals surface area contributed by atoms with Crippen LogP contribution in [0.4, 0.5) is 5.69 Å². The number of ether oxygens (including phenoxy) is 2. The molecule has 0 aromatic heterocycles. The van der Waals surface area contributed by atoms with E-state index in [4.69, 9.17) is 9.47 Å². The molecule has 4 heteroatoms. The second-order valence-corrected chi connectivity index (χ2v) is 4.36. The number of benzene rings is 1. The zero-order valence-corrected chi connectivity index (χ0v) is 11.9. The number of hydrogen-bond donors (Lipinski definition) is 1. The third kappa shape index (κ3) is 4.67. The standard InChI is InChI=1S/C12H18INO2/c1-3-15-12(16-4-2)9-14-11-8-6-5-7-10(11)13/h5-8,12,14H,3-4,9H2,1-2H3. The lowest BCUT2D eigenvalue weighted by atomic mass is 10.3. The summed E-state index contributed by atoms with van der Waals surface area (Å²) < 4.78 is 12.1. The molecule has 0 unspecified atom stereocenters. The molecule has 1 aromatic rings. The largest absolute Gasteiger partial charge is 0.379 e. The van der Waals surface area contributed by atoms with E-state index in [1.54, 1.807) is 0 Å². The van der Waals surface area contributed by atoms with E-state index in [1.165, 1.54) is 3.57 Å². The summed E-state index contributed by atoms with van der Waals surface area (Å²) in [6.45, 7) is 5.94. The molecule has 0 fully saturated rings. The molecule has 0 aliphatic heterocycles. The molecule has 1 N–H and O–H groups in total. The molecule has 0 aliphatic rings. The van der Waals surface area contributed by atoms with Gasteiger partial charge in [0, 0.05) is 22.5 Å². The molecule has 0 saturated carbocycles. The van der Waals surface area contributed by atoms with Crippen LogP contribution in [-0.2, 0) is 9.47 Å². The Hall–Kier alpha value is -0.330. The Kier molecular flexibility index (Phi) is 6.75. The Balaban J connectivity index is 2.45. The van der Waals surface area contributed by atoms with Crippen LogP contribution in [0.1, 0.15) is 13.8 Å². The fraction of sp³-hybridized carbons (Fsp3) is 0.500. The Morgan fingerprint density at radius 1 is 1.19 bits per heavy atom. The lowest BCUT2D eigenvalue weighted by Gasteiger charge is -2.18. The highest BCUT2D eigenvalue weighted by atomic mass is 127. The van der Waals surface area contributed by atoms with Gasteiger partial charge in [0.15, 0.2) is 6.29 Å². The molecule has 0 saturated heterocycles. The summed E-state index contributed by atoms with van der Waals surface area (Å²) in [4.78, 5) is 0. The van der Waals surface area contributed by atoms with Gasteiger partial charge in [-0.05, 0) is 48.6 Å². The van der Waals surface area contributed by atoms with Crippen LogP contribution in [0.2, 0.25) is 0 Å². The van der Waals surface area contributed by atoms with Gasteiger partial charge in [-0.2, -0.15) is 0 Å². The van der Waals surface area contributed by atoms with Gasteiger partial charge in [0.1, 0.15) is 0 Å². The van der Waals surface area contributed by atoms with E-state index < -0.39 is 0 Å². The van der Waals surface area contributed by atoms with Gasteiger partial charge in [-0.25, -0.2) is 0 Å². The van der Waals surface area contributed by atoms with Gasteiger partial charge < -0.3 is 14.8 Å². The highest BCUT2D eigenvalue weighted by Gasteiger charge is 2.07. The summed E-state index contributed by atoms with van der Waals surface area (Å²) in [5, 5.41) is 3.33. The molecular weight excluding hydrogens is 317 g/mol. The van der Waals surface area contributed by atoms with Gasteiger partial charge in [-0.15, -0.1) is 0 Å². The van der Waals surface area contributed by atoms with Crippen molar-refractivity contribution in [3.8, 4) is 0 Å². The van der Waals surface area contributed by atoms with Crippen LogP contribution in [-0.4, -0.2) is 26.0 Å². The van der Waals surface area contributed by atoms with Crippen LogP contribution in [0.5, 0.6) is 0 Å². The Labute approximate surface area is 111 Å². The Morgan fingerprint density at radius 3 is 2.38 bits per heavy atom. The quantitative estimate of drug-likeness (QED) is 0.614. The van der Waals surface area contributed by atoms with Crippen molar-refractivity contribution in [3.05, 3.63) is 27.8 Å². The third-order valence-electron chi connectivity index (χ3n) is 2.04. The molecule has 0 amide bonds. The summed E-state index contributed by atoms with van der Waals surface area (Å²) >= 11 is 2.31. The maximum atomic E-state index is 5.46. The molecule has 0 heterocycles. The Bertz CT molecular complexity index is 301. The SMILES string of the molecule is CCOC(CNc1ccccc1I)OCC. The van der Waals surface area contributed by atoms with Gasteiger partial charge in [0.05, 0.1) is 6.54 Å². The summed E-state index contributed by atoms with van der Waals surface area (Å²) in [6.07, 6.45) is -0.175. The number of rotatable bonds is 7. The average molecular weight is 335 g/mol. The van der Waals surface area contributed by atoms with Crippen molar-refractivity contribution in [3.63, 3.8) is 0 Å². The van der Waals surface area contributed by atoms with Gasteiger partial charge >= 0.3 is 0 Å². The van der Waals surface area contributed by atoms with E-state index >= 15 is 0 Å². The predicted octanol–water partition coefficient (Wildman–Crippen LogP) is 3.10. The summed E-state index contributed by atoms with van der Waals surface area (Å²) in [6, 6.07) is 8.16. The molecule has 1 rings (SSSR count). The zero-order chi connectivity index (χ0) is 11.8. The van der Waals surface area contributed by atoms with Crippen molar-refractivity contribution < 1.29 is 9.47 Å². The lowest BCUT2D eigenvalue weighted by molar-refractivity contribution is -0.126. The maximum absolute atomic E-state index is 5.46.